The fourth-order valence-electron chi connectivity index (χ4n) is 0.534. The van der Waals surface area contributed by atoms with Crippen LogP contribution < -0.4 is 0 Å². The van der Waals surface area contributed by atoms with Crippen LogP contribution in [0, 0.1) is 30.1 Å². The Morgan fingerprint density at radius 3 is 2.78 bits per heavy atom. The van der Waals surface area contributed by atoms with Gasteiger partial charge in [-0.05, 0) is 12.8 Å². The first kappa shape index (κ1) is 8.05. The van der Waals surface area contributed by atoms with E-state index in [1.165, 1.54) is 0 Å². The van der Waals surface area contributed by atoms with E-state index in [-0.39, 0.29) is 0 Å². The number of rotatable bonds is 4. The minimum atomic E-state index is 0.651. The Balaban J connectivity index is 2.79. The summed E-state index contributed by atoms with van der Waals surface area (Å²) in [7, 11) is 0. The van der Waals surface area contributed by atoms with Gasteiger partial charge in [-0.25, -0.2) is 0 Å². The van der Waals surface area contributed by atoms with Crippen LogP contribution in [0.25, 0.3) is 0 Å². The van der Waals surface area contributed by atoms with E-state index in [1.807, 2.05) is 0 Å². The van der Waals surface area contributed by atoms with Crippen molar-refractivity contribution in [1.29, 1.82) is 5.26 Å². The molecule has 0 spiro atoms. The summed E-state index contributed by atoms with van der Waals surface area (Å²) in [6.45, 7) is 0. The summed E-state index contributed by atoms with van der Waals surface area (Å²) >= 11 is 0. The standard InChI is InChI=1S/C8H10N/c1-2-3-4-5-6-7-8-9/h1,3H,4-7H2. The molecule has 0 aliphatic carbocycles. The van der Waals surface area contributed by atoms with Gasteiger partial charge < -0.3 is 0 Å². The number of hydrogen-bond acceptors (Lipinski definition) is 1. The lowest BCUT2D eigenvalue weighted by atomic mass is 10.2. The lowest BCUT2D eigenvalue weighted by Gasteiger charge is -1.89. The second kappa shape index (κ2) is 7.05. The molecule has 47 valence electrons. The summed E-state index contributed by atoms with van der Waals surface area (Å²) in [6.07, 6.45) is 10.4. The van der Waals surface area contributed by atoms with Gasteiger partial charge in [0.15, 0.2) is 0 Å². The van der Waals surface area contributed by atoms with Gasteiger partial charge in [0, 0.05) is 12.8 Å². The van der Waals surface area contributed by atoms with Crippen LogP contribution in [0.3, 0.4) is 0 Å². The maximum atomic E-state index is 8.12. The molecule has 0 fully saturated rings. The van der Waals surface area contributed by atoms with Crippen LogP contribution in [0.5, 0.6) is 0 Å². The monoisotopic (exact) mass is 120 g/mol. The minimum Gasteiger partial charge on any atom is -0.198 e. The van der Waals surface area contributed by atoms with Gasteiger partial charge in [0.1, 0.15) is 0 Å². The van der Waals surface area contributed by atoms with Gasteiger partial charge in [-0.3, -0.25) is 0 Å². The van der Waals surface area contributed by atoms with Crippen LogP contribution >= 0.6 is 0 Å². The molecule has 0 unspecified atom stereocenters. The molecule has 0 N–H and O–H groups in total. The first-order valence-corrected chi connectivity index (χ1v) is 3.06. The normalized spacial score (nSPS) is 7.78. The highest BCUT2D eigenvalue weighted by Crippen LogP contribution is 1.99. The first-order chi connectivity index (χ1) is 4.41. The van der Waals surface area contributed by atoms with Crippen molar-refractivity contribution in [3.8, 4) is 18.4 Å². The molecule has 1 heteroatoms. The Bertz CT molecular complexity index is 108. The fourth-order valence-corrected chi connectivity index (χ4v) is 0.534. The fraction of sp³-hybridized carbons (Fsp3) is 0.500. The van der Waals surface area contributed by atoms with Crippen molar-refractivity contribution >= 4 is 0 Å². The van der Waals surface area contributed by atoms with E-state index >= 15 is 0 Å². The largest absolute Gasteiger partial charge is 0.198 e. The maximum absolute atomic E-state index is 8.12. The van der Waals surface area contributed by atoms with E-state index in [1.54, 1.807) is 6.42 Å². The summed E-state index contributed by atoms with van der Waals surface area (Å²) in [6, 6.07) is 2.08. The smallest absolute Gasteiger partial charge is 0.0621 e. The maximum Gasteiger partial charge on any atom is 0.0621 e. The zero-order valence-electron chi connectivity index (χ0n) is 5.43. The van der Waals surface area contributed by atoms with Crippen LogP contribution in [0.4, 0.5) is 0 Å². The van der Waals surface area contributed by atoms with Crippen LogP contribution in [-0.2, 0) is 0 Å². The van der Waals surface area contributed by atoms with E-state index < -0.39 is 0 Å². The van der Waals surface area contributed by atoms with Crippen LogP contribution in [0.1, 0.15) is 25.7 Å². The Morgan fingerprint density at radius 2 is 2.22 bits per heavy atom. The summed E-state index contributed by atoms with van der Waals surface area (Å²) in [5, 5.41) is 8.12. The van der Waals surface area contributed by atoms with E-state index in [0.29, 0.717) is 6.42 Å². The third kappa shape index (κ3) is 7.05. The third-order valence-electron chi connectivity index (χ3n) is 1.00. The van der Waals surface area contributed by atoms with Crippen molar-refractivity contribution in [2.45, 2.75) is 25.7 Å². The molecule has 0 rings (SSSR count). The van der Waals surface area contributed by atoms with Crippen LogP contribution in [-0.4, -0.2) is 0 Å². The molecule has 0 atom stereocenters. The summed E-state index contributed by atoms with van der Waals surface area (Å²) in [5.74, 6) is 2.44. The van der Waals surface area contributed by atoms with E-state index in [0.717, 1.165) is 19.3 Å². The van der Waals surface area contributed by atoms with Crippen molar-refractivity contribution < 1.29 is 0 Å². The lowest BCUT2D eigenvalue weighted by molar-refractivity contribution is 0.755. The molecule has 0 aromatic carbocycles. The van der Waals surface area contributed by atoms with E-state index in [4.69, 9.17) is 11.7 Å². The molecule has 1 nitrogen and oxygen atoms in total. The molecule has 9 heavy (non-hydrogen) atoms. The van der Waals surface area contributed by atoms with Crippen molar-refractivity contribution in [2.24, 2.45) is 0 Å². The highest BCUT2D eigenvalue weighted by molar-refractivity contribution is 5.00. The molecule has 0 saturated heterocycles. The Kier molecular flexibility index (Phi) is 6.31. The number of terminal acetylenes is 1. The van der Waals surface area contributed by atoms with Gasteiger partial charge in [0.2, 0.25) is 0 Å². The number of nitriles is 1. The molecule has 0 heterocycles. The molecule has 1 radical (unpaired) electrons. The summed E-state index contributed by atoms with van der Waals surface area (Å²) < 4.78 is 0. The SMILES string of the molecule is C#C[CH]CCCCC#N. The molecule has 0 aromatic rings. The van der Waals surface area contributed by atoms with Gasteiger partial charge in [0.25, 0.3) is 0 Å². The van der Waals surface area contributed by atoms with Crippen molar-refractivity contribution in [1.82, 2.24) is 0 Å². The van der Waals surface area contributed by atoms with Gasteiger partial charge in [-0.2, -0.15) is 5.26 Å². The molecule has 0 aliphatic heterocycles. The van der Waals surface area contributed by atoms with E-state index in [2.05, 4.69) is 12.0 Å². The zero-order valence-corrected chi connectivity index (χ0v) is 5.43. The van der Waals surface area contributed by atoms with Gasteiger partial charge >= 0.3 is 0 Å². The Hall–Kier alpha value is -0.950. The van der Waals surface area contributed by atoms with Crippen LogP contribution in [0.15, 0.2) is 0 Å². The molecular formula is C8H10N. The molecule has 0 aliphatic rings. The average Bonchev–Trinajstić information content (AvgIpc) is 1.89. The molecule has 0 aromatic heterocycles. The second-order valence-electron chi connectivity index (χ2n) is 1.77. The predicted octanol–water partition coefficient (Wildman–Crippen LogP) is 1.91. The topological polar surface area (TPSA) is 23.8 Å². The zero-order chi connectivity index (χ0) is 6.95. The predicted molar refractivity (Wildman–Crippen MR) is 37.2 cm³/mol. The quantitative estimate of drug-likeness (QED) is 0.410. The van der Waals surface area contributed by atoms with Gasteiger partial charge in [0.05, 0.1) is 6.07 Å². The highest BCUT2D eigenvalue weighted by atomic mass is 14.2. The Labute approximate surface area is 56.7 Å². The van der Waals surface area contributed by atoms with Crippen molar-refractivity contribution in [3.05, 3.63) is 6.42 Å². The molecular weight excluding hydrogens is 110 g/mol. The van der Waals surface area contributed by atoms with E-state index in [9.17, 15) is 0 Å². The van der Waals surface area contributed by atoms with Crippen molar-refractivity contribution in [2.75, 3.05) is 0 Å². The highest BCUT2D eigenvalue weighted by Gasteiger charge is 1.85. The van der Waals surface area contributed by atoms with Gasteiger partial charge in [-0.15, -0.1) is 12.3 Å². The Morgan fingerprint density at radius 1 is 1.44 bits per heavy atom. The summed E-state index contributed by atoms with van der Waals surface area (Å²) in [5.41, 5.74) is 0. The number of nitrogens with zero attached hydrogens (tertiary/aromatic N) is 1. The molecule has 0 amide bonds. The minimum absolute atomic E-state index is 0.651. The molecule has 0 saturated carbocycles. The van der Waals surface area contributed by atoms with Gasteiger partial charge in [-0.1, -0.05) is 6.42 Å². The summed E-state index contributed by atoms with van der Waals surface area (Å²) in [4.78, 5) is 0. The molecule has 0 bridgehead atoms. The second-order valence-corrected chi connectivity index (χ2v) is 1.77. The van der Waals surface area contributed by atoms with Crippen LogP contribution in [0.2, 0.25) is 0 Å². The number of hydrogen-bond donors (Lipinski definition) is 0. The number of unbranched alkanes of at least 4 members (excludes halogenated alkanes) is 4. The lowest BCUT2D eigenvalue weighted by Crippen LogP contribution is -1.74. The first-order valence-electron chi connectivity index (χ1n) is 3.06. The third-order valence-corrected chi connectivity index (χ3v) is 1.00. The average molecular weight is 120 g/mol. The van der Waals surface area contributed by atoms with Crippen molar-refractivity contribution in [3.63, 3.8) is 0 Å².